The van der Waals surface area contributed by atoms with E-state index < -0.39 is 17.7 Å². The fraction of sp³-hybridized carbons (Fsp3) is 0.250. The molecule has 5 rings (SSSR count). The highest BCUT2D eigenvalue weighted by atomic mass is 19.4. The Morgan fingerprint density at radius 1 is 1.07 bits per heavy atom. The van der Waals surface area contributed by atoms with Crippen molar-refractivity contribution in [3.63, 3.8) is 0 Å². The Balaban J connectivity index is 1.37. The molecule has 2 aliphatic heterocycles. The van der Waals surface area contributed by atoms with Crippen LogP contribution in [0.2, 0.25) is 0 Å². The quantitative estimate of drug-likeness (QED) is 0.641. The van der Waals surface area contributed by atoms with Crippen LogP contribution < -0.4 is 14.4 Å². The average molecular weight is 417 g/mol. The minimum atomic E-state index is -4.48. The summed E-state index contributed by atoms with van der Waals surface area (Å²) in [6.07, 6.45) is -4.41. The summed E-state index contributed by atoms with van der Waals surface area (Å²) in [5.41, 5.74) is 0.0419. The van der Waals surface area contributed by atoms with Gasteiger partial charge in [-0.3, -0.25) is 4.79 Å². The van der Waals surface area contributed by atoms with Gasteiger partial charge in [0, 0.05) is 24.2 Å². The smallest absolute Gasteiger partial charge is 0.416 e. The summed E-state index contributed by atoms with van der Waals surface area (Å²) in [4.78, 5) is 18.1. The first-order valence-electron chi connectivity index (χ1n) is 9.10. The predicted molar refractivity (Wildman–Crippen MR) is 97.0 cm³/mol. The van der Waals surface area contributed by atoms with Crippen LogP contribution in [0.1, 0.15) is 23.8 Å². The van der Waals surface area contributed by atoms with E-state index in [4.69, 9.17) is 14.0 Å². The molecule has 10 heteroatoms. The van der Waals surface area contributed by atoms with Crippen molar-refractivity contribution in [2.24, 2.45) is 0 Å². The molecule has 0 spiro atoms. The molecule has 0 saturated carbocycles. The number of hydrogen-bond acceptors (Lipinski definition) is 6. The lowest BCUT2D eigenvalue weighted by atomic mass is 10.1. The van der Waals surface area contributed by atoms with E-state index in [1.807, 2.05) is 0 Å². The van der Waals surface area contributed by atoms with Gasteiger partial charge in [0.2, 0.25) is 24.4 Å². The van der Waals surface area contributed by atoms with Crippen LogP contribution in [0.15, 0.2) is 47.0 Å². The van der Waals surface area contributed by atoms with Crippen molar-refractivity contribution in [1.82, 2.24) is 10.1 Å². The second kappa shape index (κ2) is 6.75. The molecule has 1 saturated heterocycles. The molecule has 2 aliphatic rings. The van der Waals surface area contributed by atoms with E-state index in [9.17, 15) is 18.0 Å². The number of anilines is 1. The molecule has 0 bridgehead atoms. The maximum atomic E-state index is 13.0. The third kappa shape index (κ3) is 3.23. The van der Waals surface area contributed by atoms with Gasteiger partial charge in [0.15, 0.2) is 11.5 Å². The topological polar surface area (TPSA) is 77.7 Å². The van der Waals surface area contributed by atoms with E-state index in [0.717, 1.165) is 12.1 Å². The third-order valence-electron chi connectivity index (χ3n) is 5.03. The molecule has 3 heterocycles. The van der Waals surface area contributed by atoms with Crippen molar-refractivity contribution in [3.8, 4) is 22.9 Å². The molecule has 7 nitrogen and oxygen atoms in total. The number of rotatable bonds is 3. The fourth-order valence-corrected chi connectivity index (χ4v) is 3.53. The van der Waals surface area contributed by atoms with E-state index in [-0.39, 0.29) is 37.2 Å². The highest BCUT2D eigenvalue weighted by Crippen LogP contribution is 2.37. The first-order valence-corrected chi connectivity index (χ1v) is 9.10. The molecule has 0 radical (unpaired) electrons. The molecule has 1 fully saturated rings. The zero-order chi connectivity index (χ0) is 20.9. The van der Waals surface area contributed by atoms with Crippen LogP contribution in [0.5, 0.6) is 11.5 Å². The molecule has 1 aromatic heterocycles. The van der Waals surface area contributed by atoms with Gasteiger partial charge in [0.1, 0.15) is 0 Å². The van der Waals surface area contributed by atoms with Crippen LogP contribution in [-0.2, 0) is 11.0 Å². The first kappa shape index (κ1) is 18.5. The Labute approximate surface area is 168 Å². The monoisotopic (exact) mass is 417 g/mol. The summed E-state index contributed by atoms with van der Waals surface area (Å²) >= 11 is 0. The Bertz CT molecular complexity index is 1130. The summed E-state index contributed by atoms with van der Waals surface area (Å²) in [5.74, 6) is 1.06. The lowest BCUT2D eigenvalue weighted by Gasteiger charge is -2.17. The number of fused-ring (bicyclic) bond motifs is 1. The molecule has 0 N–H and O–H groups in total. The molecule has 154 valence electrons. The van der Waals surface area contributed by atoms with Crippen molar-refractivity contribution in [1.29, 1.82) is 0 Å². The largest absolute Gasteiger partial charge is 0.454 e. The number of ether oxygens (including phenoxy) is 2. The van der Waals surface area contributed by atoms with Gasteiger partial charge in [0.05, 0.1) is 11.5 Å². The van der Waals surface area contributed by atoms with Crippen LogP contribution >= 0.6 is 0 Å². The molecule has 30 heavy (non-hydrogen) atoms. The Morgan fingerprint density at radius 2 is 1.90 bits per heavy atom. The SMILES string of the molecule is O=C1CC(c2nc(-c3ccc4c(c3)OCO4)no2)CN1c1cccc(C(F)(F)F)c1. The summed E-state index contributed by atoms with van der Waals surface area (Å²) in [5, 5.41) is 3.96. The van der Waals surface area contributed by atoms with Gasteiger partial charge >= 0.3 is 6.18 Å². The summed E-state index contributed by atoms with van der Waals surface area (Å²) in [7, 11) is 0. The molecule has 3 aromatic rings. The average Bonchev–Trinajstić information content (AvgIpc) is 3.46. The standard InChI is InChI=1S/C20H14F3N3O4/c21-20(22,23)13-2-1-3-14(8-13)26-9-12(7-17(26)27)19-24-18(25-30-19)11-4-5-15-16(6-11)29-10-28-15/h1-6,8,12H,7,9-10H2. The maximum Gasteiger partial charge on any atom is 0.416 e. The number of nitrogens with zero attached hydrogens (tertiary/aromatic N) is 3. The highest BCUT2D eigenvalue weighted by Gasteiger charge is 2.37. The van der Waals surface area contributed by atoms with Gasteiger partial charge in [-0.2, -0.15) is 18.2 Å². The van der Waals surface area contributed by atoms with E-state index in [0.29, 0.717) is 22.9 Å². The highest BCUT2D eigenvalue weighted by molar-refractivity contribution is 5.96. The van der Waals surface area contributed by atoms with Gasteiger partial charge < -0.3 is 18.9 Å². The lowest BCUT2D eigenvalue weighted by molar-refractivity contribution is -0.137. The van der Waals surface area contributed by atoms with E-state index >= 15 is 0 Å². The van der Waals surface area contributed by atoms with Gasteiger partial charge in [-0.1, -0.05) is 11.2 Å². The molecule has 1 unspecified atom stereocenters. The number of amides is 1. The first-order chi connectivity index (χ1) is 14.4. The van der Waals surface area contributed by atoms with Crippen molar-refractivity contribution in [3.05, 3.63) is 53.9 Å². The van der Waals surface area contributed by atoms with Crippen LogP contribution in [0.25, 0.3) is 11.4 Å². The third-order valence-corrected chi connectivity index (χ3v) is 5.03. The molecular weight excluding hydrogens is 403 g/mol. The fourth-order valence-electron chi connectivity index (χ4n) is 3.53. The van der Waals surface area contributed by atoms with Crippen molar-refractivity contribution in [2.45, 2.75) is 18.5 Å². The summed E-state index contributed by atoms with van der Waals surface area (Å²) in [6, 6.07) is 9.92. The number of benzene rings is 2. The van der Waals surface area contributed by atoms with Crippen molar-refractivity contribution >= 4 is 11.6 Å². The second-order valence-corrected chi connectivity index (χ2v) is 6.98. The minimum absolute atomic E-state index is 0.0685. The van der Waals surface area contributed by atoms with Crippen LogP contribution in [-0.4, -0.2) is 29.4 Å². The summed E-state index contributed by atoms with van der Waals surface area (Å²) in [6.45, 7) is 0.300. The van der Waals surface area contributed by atoms with Gasteiger partial charge in [-0.15, -0.1) is 0 Å². The number of carbonyl (C=O) groups excluding carboxylic acids is 1. The van der Waals surface area contributed by atoms with E-state index in [2.05, 4.69) is 10.1 Å². The summed E-state index contributed by atoms with van der Waals surface area (Å²) < 4.78 is 54.9. The minimum Gasteiger partial charge on any atom is -0.454 e. The molecule has 0 aliphatic carbocycles. The lowest BCUT2D eigenvalue weighted by Crippen LogP contribution is -2.24. The van der Waals surface area contributed by atoms with Crippen LogP contribution in [0, 0.1) is 0 Å². The second-order valence-electron chi connectivity index (χ2n) is 6.98. The number of alkyl halides is 3. The van der Waals surface area contributed by atoms with E-state index in [1.54, 1.807) is 18.2 Å². The van der Waals surface area contributed by atoms with Gasteiger partial charge in [0.25, 0.3) is 0 Å². The Hall–Kier alpha value is -3.56. The zero-order valence-electron chi connectivity index (χ0n) is 15.3. The normalized spacial score (nSPS) is 18.3. The number of halogens is 3. The Kier molecular flexibility index (Phi) is 4.16. The molecular formula is C20H14F3N3O4. The molecule has 2 aromatic carbocycles. The number of carbonyl (C=O) groups is 1. The van der Waals surface area contributed by atoms with Gasteiger partial charge in [-0.25, -0.2) is 0 Å². The molecule has 1 amide bonds. The van der Waals surface area contributed by atoms with Crippen molar-refractivity contribution in [2.75, 3.05) is 18.2 Å². The van der Waals surface area contributed by atoms with Crippen LogP contribution in [0.4, 0.5) is 18.9 Å². The van der Waals surface area contributed by atoms with Crippen LogP contribution in [0.3, 0.4) is 0 Å². The predicted octanol–water partition coefficient (Wildman–Crippen LogP) is 4.00. The number of aromatic nitrogens is 2. The molecule has 1 atom stereocenters. The Morgan fingerprint density at radius 3 is 2.73 bits per heavy atom. The van der Waals surface area contributed by atoms with E-state index in [1.165, 1.54) is 17.0 Å². The van der Waals surface area contributed by atoms with Gasteiger partial charge in [-0.05, 0) is 36.4 Å². The van der Waals surface area contributed by atoms with Crippen molar-refractivity contribution < 1.29 is 32.0 Å². The zero-order valence-corrected chi connectivity index (χ0v) is 15.3. The number of hydrogen-bond donors (Lipinski definition) is 0. The maximum absolute atomic E-state index is 13.0.